The van der Waals surface area contributed by atoms with Crippen molar-refractivity contribution >= 4 is 10.8 Å². The zero-order valence-corrected chi connectivity index (χ0v) is 15.8. The molecule has 2 aromatic carbocycles. The summed E-state index contributed by atoms with van der Waals surface area (Å²) in [5, 5.41) is 1.35. The van der Waals surface area contributed by atoms with Gasteiger partial charge in [-0.05, 0) is 35.7 Å². The van der Waals surface area contributed by atoms with E-state index in [1.54, 1.807) is 30.3 Å². The fraction of sp³-hybridized carbons (Fsp3) is 0.250. The van der Waals surface area contributed by atoms with E-state index in [9.17, 15) is 48.3 Å². The Bertz CT molecular complexity index is 1140. The summed E-state index contributed by atoms with van der Waals surface area (Å²) in [5.74, 6) is -23.4. The lowest BCUT2D eigenvalue weighted by atomic mass is 10.0. The van der Waals surface area contributed by atoms with Crippen molar-refractivity contribution in [2.45, 2.75) is 30.1 Å². The Labute approximate surface area is 177 Å². The number of hydrogen-bond donors (Lipinski definition) is 0. The van der Waals surface area contributed by atoms with Crippen LogP contribution in [0.25, 0.3) is 22.0 Å². The topological polar surface area (TPSA) is 22.1 Å². The molecule has 0 fully saturated rings. The Morgan fingerprint density at radius 1 is 0.606 bits per heavy atom. The fourth-order valence-electron chi connectivity index (χ4n) is 2.80. The summed E-state index contributed by atoms with van der Waals surface area (Å²) in [4.78, 5) is 4.10. The van der Waals surface area contributed by atoms with E-state index in [0.29, 0.717) is 23.2 Å². The first-order valence-electron chi connectivity index (χ1n) is 8.74. The van der Waals surface area contributed by atoms with E-state index in [2.05, 4.69) is 9.72 Å². The molecule has 0 saturated carbocycles. The van der Waals surface area contributed by atoms with Crippen LogP contribution in [-0.2, 0) is 0 Å². The van der Waals surface area contributed by atoms with Crippen molar-refractivity contribution in [1.82, 2.24) is 4.98 Å². The van der Waals surface area contributed by atoms with Gasteiger partial charge >= 0.3 is 30.1 Å². The number of halogens is 11. The highest BCUT2D eigenvalue weighted by Crippen LogP contribution is 2.57. The maximum Gasteiger partial charge on any atom is 0.471 e. The van der Waals surface area contributed by atoms with Gasteiger partial charge in [0.25, 0.3) is 0 Å². The number of alkyl halides is 11. The zero-order valence-electron chi connectivity index (χ0n) is 15.8. The number of benzene rings is 2. The maximum atomic E-state index is 13.8. The zero-order chi connectivity index (χ0) is 24.9. The summed E-state index contributed by atoms with van der Waals surface area (Å²) in [6, 6.07) is 11.7. The van der Waals surface area contributed by atoms with Crippen LogP contribution < -0.4 is 4.74 Å². The summed E-state index contributed by atoms with van der Waals surface area (Å²) in [7, 11) is 0. The van der Waals surface area contributed by atoms with Crippen molar-refractivity contribution in [2.24, 2.45) is 0 Å². The quantitative estimate of drug-likeness (QED) is 0.338. The highest BCUT2D eigenvalue weighted by atomic mass is 19.4. The lowest BCUT2D eigenvalue weighted by Gasteiger charge is -2.36. The van der Waals surface area contributed by atoms with Gasteiger partial charge in [-0.1, -0.05) is 24.3 Å². The molecule has 33 heavy (non-hydrogen) atoms. The van der Waals surface area contributed by atoms with Gasteiger partial charge in [-0.15, -0.1) is 0 Å². The van der Waals surface area contributed by atoms with Crippen LogP contribution in [0.4, 0.5) is 48.3 Å². The molecule has 0 aliphatic carbocycles. The van der Waals surface area contributed by atoms with Crippen molar-refractivity contribution in [3.05, 3.63) is 60.8 Å². The van der Waals surface area contributed by atoms with Gasteiger partial charge < -0.3 is 4.74 Å². The van der Waals surface area contributed by atoms with Gasteiger partial charge in [0.05, 0.1) is 5.69 Å². The summed E-state index contributed by atoms with van der Waals surface area (Å²) in [5.41, 5.74) is 0.580. The molecule has 0 N–H and O–H groups in total. The molecule has 0 saturated heterocycles. The minimum atomic E-state index is -7.53. The Balaban J connectivity index is 1.91. The second-order valence-electron chi connectivity index (χ2n) is 6.74. The number of nitrogens with zero attached hydrogens (tertiary/aromatic N) is 1. The molecule has 178 valence electrons. The van der Waals surface area contributed by atoms with Gasteiger partial charge in [0, 0.05) is 17.1 Å². The number of ether oxygens (including phenoxy) is 1. The smallest absolute Gasteiger partial charge is 0.428 e. The first-order chi connectivity index (χ1) is 15.0. The van der Waals surface area contributed by atoms with Crippen LogP contribution in [0.15, 0.2) is 60.8 Å². The first-order valence-corrected chi connectivity index (χ1v) is 8.74. The highest BCUT2D eigenvalue weighted by Gasteiger charge is 2.88. The molecule has 3 rings (SSSR count). The molecular weight excluding hydrogens is 479 g/mol. The minimum Gasteiger partial charge on any atom is -0.428 e. The predicted octanol–water partition coefficient (Wildman–Crippen LogP) is 7.34. The third kappa shape index (κ3) is 3.93. The molecule has 0 spiro atoms. The van der Waals surface area contributed by atoms with Crippen LogP contribution >= 0.6 is 0 Å². The molecule has 0 aliphatic heterocycles. The first kappa shape index (κ1) is 24.5. The van der Waals surface area contributed by atoms with E-state index >= 15 is 0 Å². The van der Waals surface area contributed by atoms with Crippen LogP contribution in [0.2, 0.25) is 0 Å². The SMILES string of the molecule is FC(F)(F)C(F)(F)C(F)(F)C(F)(F)C(F)(F)Oc1ccc(-c2nccc3ccccc23)cc1. The van der Waals surface area contributed by atoms with E-state index < -0.39 is 35.8 Å². The van der Waals surface area contributed by atoms with Crippen LogP contribution in [-0.4, -0.2) is 35.0 Å². The molecule has 0 unspecified atom stereocenters. The summed E-state index contributed by atoms with van der Waals surface area (Å²) in [6.07, 6.45) is -12.3. The van der Waals surface area contributed by atoms with Crippen molar-refractivity contribution in [3.63, 3.8) is 0 Å². The molecular formula is C20H10F11NO. The molecule has 0 bridgehead atoms. The largest absolute Gasteiger partial charge is 0.471 e. The lowest BCUT2D eigenvalue weighted by Crippen LogP contribution is -2.67. The normalized spacial score (nSPS) is 13.9. The molecule has 0 radical (unpaired) electrons. The predicted molar refractivity (Wildman–Crippen MR) is 93.7 cm³/mol. The fourth-order valence-corrected chi connectivity index (χ4v) is 2.80. The van der Waals surface area contributed by atoms with E-state index in [-0.39, 0.29) is 5.56 Å². The van der Waals surface area contributed by atoms with Crippen molar-refractivity contribution in [1.29, 1.82) is 0 Å². The molecule has 1 aromatic heterocycles. The number of pyridine rings is 1. The van der Waals surface area contributed by atoms with Crippen molar-refractivity contribution in [2.75, 3.05) is 0 Å². The standard InChI is InChI=1S/C20H10F11NO/c21-16(22,17(23,24)19(27,28)29)18(25,26)20(30,31)33-13-7-5-12(6-8-13)15-14-4-2-1-3-11(14)9-10-32-15/h1-10H. The Morgan fingerprint density at radius 3 is 1.76 bits per heavy atom. The van der Waals surface area contributed by atoms with E-state index in [0.717, 1.165) is 17.5 Å². The lowest BCUT2D eigenvalue weighted by molar-refractivity contribution is -0.445. The molecule has 2 nitrogen and oxygen atoms in total. The third-order valence-electron chi connectivity index (χ3n) is 4.56. The Morgan fingerprint density at radius 2 is 1.18 bits per heavy atom. The number of aromatic nitrogens is 1. The average molecular weight is 489 g/mol. The third-order valence-corrected chi connectivity index (χ3v) is 4.56. The number of rotatable bonds is 6. The van der Waals surface area contributed by atoms with E-state index in [1.165, 1.54) is 6.20 Å². The summed E-state index contributed by atoms with van der Waals surface area (Å²) >= 11 is 0. The van der Waals surface area contributed by atoms with Crippen molar-refractivity contribution in [3.8, 4) is 17.0 Å². The average Bonchev–Trinajstić information content (AvgIpc) is 2.72. The Kier molecular flexibility index (Phi) is 5.75. The van der Waals surface area contributed by atoms with Gasteiger partial charge in [-0.2, -0.15) is 48.3 Å². The maximum absolute atomic E-state index is 13.8. The number of fused-ring (bicyclic) bond motifs is 1. The molecule has 0 amide bonds. The van der Waals surface area contributed by atoms with Gasteiger partial charge in [0.1, 0.15) is 5.75 Å². The van der Waals surface area contributed by atoms with Crippen LogP contribution in [0.3, 0.4) is 0 Å². The second-order valence-corrected chi connectivity index (χ2v) is 6.74. The van der Waals surface area contributed by atoms with E-state index in [1.807, 2.05) is 0 Å². The van der Waals surface area contributed by atoms with Gasteiger partial charge in [0.2, 0.25) is 0 Å². The number of hydrogen-bond acceptors (Lipinski definition) is 2. The monoisotopic (exact) mass is 489 g/mol. The summed E-state index contributed by atoms with van der Waals surface area (Å²) < 4.78 is 147. The summed E-state index contributed by atoms with van der Waals surface area (Å²) in [6.45, 7) is 0. The van der Waals surface area contributed by atoms with Crippen LogP contribution in [0, 0.1) is 0 Å². The van der Waals surface area contributed by atoms with E-state index in [4.69, 9.17) is 0 Å². The highest BCUT2D eigenvalue weighted by molar-refractivity contribution is 5.94. The Hall–Kier alpha value is -3.12. The van der Waals surface area contributed by atoms with Gasteiger partial charge in [-0.25, -0.2) is 0 Å². The molecule has 0 atom stereocenters. The molecule has 1 heterocycles. The van der Waals surface area contributed by atoms with Crippen LogP contribution in [0.1, 0.15) is 0 Å². The molecule has 0 aliphatic rings. The van der Waals surface area contributed by atoms with Crippen molar-refractivity contribution < 1.29 is 53.0 Å². The second kappa shape index (κ2) is 7.73. The van der Waals surface area contributed by atoms with Gasteiger partial charge in [-0.3, -0.25) is 4.98 Å². The van der Waals surface area contributed by atoms with Gasteiger partial charge in [0.15, 0.2) is 0 Å². The molecule has 13 heteroatoms. The van der Waals surface area contributed by atoms with Crippen LogP contribution in [0.5, 0.6) is 5.75 Å². The minimum absolute atomic E-state index is 0.253. The molecule has 3 aromatic rings.